The Morgan fingerprint density at radius 3 is 2.96 bits per heavy atom. The Morgan fingerprint density at radius 1 is 1.42 bits per heavy atom. The van der Waals surface area contributed by atoms with Gasteiger partial charge in [-0.15, -0.1) is 0 Å². The van der Waals surface area contributed by atoms with E-state index in [1.165, 1.54) is 0 Å². The van der Waals surface area contributed by atoms with Crippen LogP contribution >= 0.6 is 11.6 Å². The number of nitrogens with one attached hydrogen (secondary N) is 1. The minimum atomic E-state index is -0.197. The number of likely N-dealkylation sites (tertiary alicyclic amines) is 1. The highest BCUT2D eigenvalue weighted by Gasteiger charge is 2.19. The Balaban J connectivity index is 1.59. The van der Waals surface area contributed by atoms with Crippen LogP contribution in [0.15, 0.2) is 33.8 Å². The molecule has 1 aromatic heterocycles. The van der Waals surface area contributed by atoms with E-state index >= 15 is 0 Å². The maximum Gasteiger partial charge on any atom is 0.228 e. The van der Waals surface area contributed by atoms with Gasteiger partial charge in [-0.1, -0.05) is 28.9 Å². The van der Waals surface area contributed by atoms with Crippen molar-refractivity contribution in [1.29, 1.82) is 0 Å². The van der Waals surface area contributed by atoms with Gasteiger partial charge in [0.1, 0.15) is 0 Å². The van der Waals surface area contributed by atoms with Crippen LogP contribution in [0.25, 0.3) is 11.4 Å². The lowest BCUT2D eigenvalue weighted by atomic mass is 10.1. The normalized spacial score (nSPS) is 16.1. The van der Waals surface area contributed by atoms with Crippen molar-refractivity contribution >= 4 is 17.6 Å². The molecule has 26 heavy (non-hydrogen) atoms. The van der Waals surface area contributed by atoms with Crippen LogP contribution in [-0.4, -0.2) is 58.4 Å². The van der Waals surface area contributed by atoms with E-state index in [4.69, 9.17) is 16.1 Å². The quantitative estimate of drug-likeness (QED) is 0.614. The van der Waals surface area contributed by atoms with Crippen LogP contribution in [0.5, 0.6) is 0 Å². The first kappa shape index (κ1) is 18.7. The predicted molar refractivity (Wildman–Crippen MR) is 101 cm³/mol. The number of hydrogen-bond donors (Lipinski definition) is 2. The van der Waals surface area contributed by atoms with Crippen LogP contribution in [0.2, 0.25) is 5.02 Å². The summed E-state index contributed by atoms with van der Waals surface area (Å²) >= 11 is 6.00. The molecule has 2 aromatic rings. The first-order valence-electron chi connectivity index (χ1n) is 8.95. The molecular formula is C18H24ClN5O2. The number of guanidine groups is 1. The average molecular weight is 378 g/mol. The monoisotopic (exact) mass is 377 g/mol. The van der Waals surface area contributed by atoms with Crippen LogP contribution in [-0.2, 0) is 6.42 Å². The Labute approximate surface area is 158 Å². The summed E-state index contributed by atoms with van der Waals surface area (Å²) in [5.74, 6) is 1.95. The van der Waals surface area contributed by atoms with E-state index in [1.54, 1.807) is 0 Å². The SMILES string of the molecule is CCNC(=NCCc1nc(-c2cccc(Cl)c2)no1)N1CCC(O)CC1. The lowest BCUT2D eigenvalue weighted by Gasteiger charge is -2.32. The lowest BCUT2D eigenvalue weighted by molar-refractivity contribution is 0.108. The summed E-state index contributed by atoms with van der Waals surface area (Å²) in [7, 11) is 0. The highest BCUT2D eigenvalue weighted by atomic mass is 35.5. The second-order valence-electron chi connectivity index (χ2n) is 6.23. The van der Waals surface area contributed by atoms with Gasteiger partial charge in [-0.25, -0.2) is 0 Å². The van der Waals surface area contributed by atoms with Crippen LogP contribution < -0.4 is 5.32 Å². The molecule has 0 spiro atoms. The molecular weight excluding hydrogens is 354 g/mol. The number of aliphatic imine (C=N–C) groups is 1. The summed E-state index contributed by atoms with van der Waals surface area (Å²) in [5.41, 5.74) is 0.830. The number of aliphatic hydroxyl groups excluding tert-OH is 1. The van der Waals surface area contributed by atoms with Gasteiger partial charge in [0.05, 0.1) is 12.6 Å². The summed E-state index contributed by atoms with van der Waals surface area (Å²) in [4.78, 5) is 11.3. The van der Waals surface area contributed by atoms with Crippen molar-refractivity contribution in [3.05, 3.63) is 35.2 Å². The Bertz CT molecular complexity index is 741. The van der Waals surface area contributed by atoms with Crippen molar-refractivity contribution in [2.24, 2.45) is 4.99 Å². The van der Waals surface area contributed by atoms with Gasteiger partial charge in [-0.05, 0) is 31.9 Å². The lowest BCUT2D eigenvalue weighted by Crippen LogP contribution is -2.46. The number of benzene rings is 1. The number of aliphatic hydroxyl groups is 1. The molecule has 3 rings (SSSR count). The summed E-state index contributed by atoms with van der Waals surface area (Å²) in [6.07, 6.45) is 1.92. The van der Waals surface area contributed by atoms with Crippen molar-refractivity contribution in [3.8, 4) is 11.4 Å². The van der Waals surface area contributed by atoms with E-state index in [2.05, 4.69) is 25.3 Å². The summed E-state index contributed by atoms with van der Waals surface area (Å²) < 4.78 is 5.32. The fraction of sp³-hybridized carbons (Fsp3) is 0.500. The molecule has 0 atom stereocenters. The van der Waals surface area contributed by atoms with Gasteiger partial charge in [-0.3, -0.25) is 4.99 Å². The number of hydrogen-bond acceptors (Lipinski definition) is 5. The topological polar surface area (TPSA) is 86.8 Å². The Morgan fingerprint density at radius 2 is 2.23 bits per heavy atom. The highest BCUT2D eigenvalue weighted by molar-refractivity contribution is 6.30. The summed E-state index contributed by atoms with van der Waals surface area (Å²) in [6, 6.07) is 7.37. The van der Waals surface area contributed by atoms with Crippen molar-refractivity contribution in [2.45, 2.75) is 32.3 Å². The maximum atomic E-state index is 9.65. The highest BCUT2D eigenvalue weighted by Crippen LogP contribution is 2.20. The summed E-state index contributed by atoms with van der Waals surface area (Å²) in [5, 5.41) is 17.6. The zero-order valence-electron chi connectivity index (χ0n) is 14.9. The van der Waals surface area contributed by atoms with Gasteiger partial charge in [0, 0.05) is 36.6 Å². The smallest absolute Gasteiger partial charge is 0.228 e. The van der Waals surface area contributed by atoms with Crippen molar-refractivity contribution in [2.75, 3.05) is 26.2 Å². The molecule has 1 aliphatic rings. The molecule has 1 aromatic carbocycles. The second kappa shape index (κ2) is 9.00. The number of halogens is 1. The van der Waals surface area contributed by atoms with E-state index in [0.29, 0.717) is 29.7 Å². The minimum absolute atomic E-state index is 0.197. The molecule has 140 valence electrons. The maximum absolute atomic E-state index is 9.65. The summed E-state index contributed by atoms with van der Waals surface area (Å²) in [6.45, 7) is 5.03. The molecule has 2 N–H and O–H groups in total. The van der Waals surface area contributed by atoms with Gasteiger partial charge in [-0.2, -0.15) is 4.98 Å². The standard InChI is InChI=1S/C18H24ClN5O2/c1-2-20-18(24-10-7-15(25)8-11-24)21-9-6-16-22-17(23-26-16)13-4-3-5-14(19)12-13/h3-5,12,15,25H,2,6-11H2,1H3,(H,20,21). The molecule has 0 radical (unpaired) electrons. The minimum Gasteiger partial charge on any atom is -0.393 e. The first-order valence-corrected chi connectivity index (χ1v) is 9.33. The van der Waals surface area contributed by atoms with Gasteiger partial charge >= 0.3 is 0 Å². The van der Waals surface area contributed by atoms with Gasteiger partial charge in [0.15, 0.2) is 5.96 Å². The molecule has 1 fully saturated rings. The fourth-order valence-electron chi connectivity index (χ4n) is 2.86. The predicted octanol–water partition coefficient (Wildman–Crippen LogP) is 2.35. The van der Waals surface area contributed by atoms with E-state index in [1.807, 2.05) is 31.2 Å². The van der Waals surface area contributed by atoms with E-state index in [9.17, 15) is 5.11 Å². The molecule has 1 saturated heterocycles. The number of piperidine rings is 1. The largest absolute Gasteiger partial charge is 0.393 e. The van der Waals surface area contributed by atoms with E-state index in [-0.39, 0.29) is 6.10 Å². The molecule has 0 saturated carbocycles. The van der Waals surface area contributed by atoms with E-state index in [0.717, 1.165) is 44.0 Å². The van der Waals surface area contributed by atoms with Crippen molar-refractivity contribution in [1.82, 2.24) is 20.4 Å². The fourth-order valence-corrected chi connectivity index (χ4v) is 3.05. The molecule has 0 aliphatic carbocycles. The Kier molecular flexibility index (Phi) is 6.46. The van der Waals surface area contributed by atoms with Crippen molar-refractivity contribution < 1.29 is 9.63 Å². The molecule has 7 nitrogen and oxygen atoms in total. The van der Waals surface area contributed by atoms with Gasteiger partial charge in [0.2, 0.25) is 11.7 Å². The number of aromatic nitrogens is 2. The molecule has 0 unspecified atom stereocenters. The third-order valence-corrected chi connectivity index (χ3v) is 4.47. The van der Waals surface area contributed by atoms with Crippen LogP contribution in [0, 0.1) is 0 Å². The molecule has 1 aliphatic heterocycles. The number of nitrogens with zero attached hydrogens (tertiary/aromatic N) is 4. The van der Waals surface area contributed by atoms with Crippen LogP contribution in [0.3, 0.4) is 0 Å². The first-order chi connectivity index (χ1) is 12.7. The Hall–Kier alpha value is -2.12. The molecule has 0 bridgehead atoms. The molecule has 0 amide bonds. The zero-order valence-corrected chi connectivity index (χ0v) is 15.6. The third-order valence-electron chi connectivity index (χ3n) is 4.24. The molecule has 8 heteroatoms. The van der Waals surface area contributed by atoms with Crippen LogP contribution in [0.4, 0.5) is 0 Å². The van der Waals surface area contributed by atoms with E-state index < -0.39 is 0 Å². The van der Waals surface area contributed by atoms with Crippen LogP contribution in [0.1, 0.15) is 25.7 Å². The van der Waals surface area contributed by atoms with Gasteiger partial charge in [0.25, 0.3) is 0 Å². The number of rotatable bonds is 5. The molecule has 2 heterocycles. The average Bonchev–Trinajstić information content (AvgIpc) is 3.11. The zero-order chi connectivity index (χ0) is 18.4. The van der Waals surface area contributed by atoms with Crippen molar-refractivity contribution in [3.63, 3.8) is 0 Å². The second-order valence-corrected chi connectivity index (χ2v) is 6.66. The third kappa shape index (κ3) is 4.95. The van der Waals surface area contributed by atoms with Gasteiger partial charge < -0.3 is 19.8 Å².